The minimum absolute atomic E-state index is 0.262. The molecule has 6 heteroatoms. The standard InChI is InChI=1S/C26H39N3O3/c1-26(12-5-6-13-29(25(26)31)21-22-7-3-2-4-8-22)23-9-15-28(16-10-23)24(30)11-14-27-17-19-32-20-18-27/h2-4,7-8,23H,5-6,9-21H2,1H3/t26-/m0/s1. The summed E-state index contributed by atoms with van der Waals surface area (Å²) >= 11 is 0. The summed E-state index contributed by atoms with van der Waals surface area (Å²) in [5.41, 5.74) is 0.889. The van der Waals surface area contributed by atoms with Crippen LogP contribution in [0.1, 0.15) is 51.0 Å². The Labute approximate surface area is 192 Å². The summed E-state index contributed by atoms with van der Waals surface area (Å²) in [6, 6.07) is 10.3. The van der Waals surface area contributed by atoms with Crippen LogP contribution >= 0.6 is 0 Å². The first kappa shape index (κ1) is 23.2. The molecule has 0 unspecified atom stereocenters. The van der Waals surface area contributed by atoms with Gasteiger partial charge in [0.05, 0.1) is 13.2 Å². The van der Waals surface area contributed by atoms with Crippen LogP contribution in [-0.2, 0) is 20.9 Å². The van der Waals surface area contributed by atoms with Crippen LogP contribution < -0.4 is 0 Å². The van der Waals surface area contributed by atoms with Crippen molar-refractivity contribution in [3.8, 4) is 0 Å². The minimum Gasteiger partial charge on any atom is -0.379 e. The maximum Gasteiger partial charge on any atom is 0.229 e. The number of piperidine rings is 1. The highest BCUT2D eigenvalue weighted by molar-refractivity contribution is 5.83. The van der Waals surface area contributed by atoms with E-state index < -0.39 is 0 Å². The molecule has 3 heterocycles. The van der Waals surface area contributed by atoms with E-state index in [1.807, 2.05) is 23.1 Å². The first-order valence-corrected chi connectivity index (χ1v) is 12.5. The third-order valence-corrected chi connectivity index (χ3v) is 7.86. The number of benzene rings is 1. The molecule has 2 amide bonds. The molecule has 176 valence electrons. The molecule has 0 bridgehead atoms. The zero-order valence-corrected chi connectivity index (χ0v) is 19.6. The summed E-state index contributed by atoms with van der Waals surface area (Å²) in [6.45, 7) is 9.54. The number of hydrogen-bond donors (Lipinski definition) is 0. The molecular formula is C26H39N3O3. The summed E-state index contributed by atoms with van der Waals surface area (Å²) in [7, 11) is 0. The predicted molar refractivity (Wildman–Crippen MR) is 125 cm³/mol. The molecular weight excluding hydrogens is 402 g/mol. The van der Waals surface area contributed by atoms with E-state index in [2.05, 4.69) is 28.9 Å². The number of morpholine rings is 1. The summed E-state index contributed by atoms with van der Waals surface area (Å²) in [5.74, 6) is 0.934. The van der Waals surface area contributed by atoms with Crippen molar-refractivity contribution in [3.63, 3.8) is 0 Å². The number of nitrogens with zero attached hydrogens (tertiary/aromatic N) is 3. The largest absolute Gasteiger partial charge is 0.379 e. The lowest BCUT2D eigenvalue weighted by atomic mass is 9.69. The van der Waals surface area contributed by atoms with E-state index in [0.717, 1.165) is 84.6 Å². The third kappa shape index (κ3) is 5.52. The smallest absolute Gasteiger partial charge is 0.229 e. The Balaban J connectivity index is 1.31. The molecule has 1 aromatic carbocycles. The Morgan fingerprint density at radius 3 is 2.47 bits per heavy atom. The van der Waals surface area contributed by atoms with Crippen LogP contribution in [0.25, 0.3) is 0 Å². The van der Waals surface area contributed by atoms with E-state index >= 15 is 0 Å². The Morgan fingerprint density at radius 2 is 1.75 bits per heavy atom. The van der Waals surface area contributed by atoms with Crippen molar-refractivity contribution in [1.82, 2.24) is 14.7 Å². The molecule has 6 nitrogen and oxygen atoms in total. The maximum atomic E-state index is 13.7. The molecule has 1 aromatic rings. The minimum atomic E-state index is -0.311. The molecule has 3 fully saturated rings. The van der Waals surface area contributed by atoms with Crippen molar-refractivity contribution >= 4 is 11.8 Å². The predicted octanol–water partition coefficient (Wildman–Crippen LogP) is 3.17. The van der Waals surface area contributed by atoms with Crippen molar-refractivity contribution in [2.45, 2.75) is 52.0 Å². The SMILES string of the molecule is C[C@@]1(C2CCN(C(=O)CCN3CCOCC3)CC2)CCCCN(Cc2ccccc2)C1=O. The van der Waals surface area contributed by atoms with E-state index in [4.69, 9.17) is 4.74 Å². The first-order valence-electron chi connectivity index (χ1n) is 12.5. The average molecular weight is 442 g/mol. The summed E-state index contributed by atoms with van der Waals surface area (Å²) in [6.07, 6.45) is 5.60. The van der Waals surface area contributed by atoms with E-state index in [9.17, 15) is 9.59 Å². The van der Waals surface area contributed by atoms with E-state index in [-0.39, 0.29) is 11.3 Å². The first-order chi connectivity index (χ1) is 15.6. The van der Waals surface area contributed by atoms with E-state index in [1.165, 1.54) is 5.56 Å². The number of rotatable bonds is 6. The Kier molecular flexibility index (Phi) is 7.84. The molecule has 0 N–H and O–H groups in total. The van der Waals surface area contributed by atoms with Crippen LogP contribution in [0.4, 0.5) is 0 Å². The summed E-state index contributed by atoms with van der Waals surface area (Å²) in [5, 5.41) is 0. The van der Waals surface area contributed by atoms with Crippen LogP contribution in [-0.4, -0.2) is 79.0 Å². The molecule has 0 aromatic heterocycles. The van der Waals surface area contributed by atoms with Gasteiger partial charge in [-0.3, -0.25) is 14.5 Å². The van der Waals surface area contributed by atoms with Crippen LogP contribution in [0, 0.1) is 11.3 Å². The highest BCUT2D eigenvalue weighted by atomic mass is 16.5. The lowest BCUT2D eigenvalue weighted by Gasteiger charge is -2.43. The number of ether oxygens (including phenoxy) is 1. The molecule has 1 atom stereocenters. The van der Waals surface area contributed by atoms with Gasteiger partial charge in [0, 0.05) is 57.6 Å². The fourth-order valence-corrected chi connectivity index (χ4v) is 5.70. The van der Waals surface area contributed by atoms with Gasteiger partial charge in [-0.15, -0.1) is 0 Å². The van der Waals surface area contributed by atoms with E-state index in [0.29, 0.717) is 24.8 Å². The number of likely N-dealkylation sites (tertiary alicyclic amines) is 2. The van der Waals surface area contributed by atoms with E-state index in [1.54, 1.807) is 0 Å². The van der Waals surface area contributed by atoms with Crippen molar-refractivity contribution in [2.75, 3.05) is 52.5 Å². The van der Waals surface area contributed by atoms with Gasteiger partial charge < -0.3 is 14.5 Å². The number of amides is 2. The van der Waals surface area contributed by atoms with Gasteiger partial charge in [0.15, 0.2) is 0 Å². The quantitative estimate of drug-likeness (QED) is 0.681. The second-order valence-electron chi connectivity index (χ2n) is 9.95. The fraction of sp³-hybridized carbons (Fsp3) is 0.692. The second kappa shape index (κ2) is 10.8. The number of carbonyl (C=O) groups excluding carboxylic acids is 2. The highest BCUT2D eigenvalue weighted by Gasteiger charge is 2.45. The normalized spacial score (nSPS) is 26.2. The van der Waals surface area contributed by atoms with Crippen molar-refractivity contribution in [1.29, 1.82) is 0 Å². The topological polar surface area (TPSA) is 53.1 Å². The second-order valence-corrected chi connectivity index (χ2v) is 9.95. The van der Waals surface area contributed by atoms with Gasteiger partial charge in [0.1, 0.15) is 0 Å². The maximum absolute atomic E-state index is 13.7. The molecule has 3 aliphatic heterocycles. The van der Waals surface area contributed by atoms with Gasteiger partial charge >= 0.3 is 0 Å². The van der Waals surface area contributed by atoms with Crippen molar-refractivity contribution < 1.29 is 14.3 Å². The van der Waals surface area contributed by atoms with Gasteiger partial charge in [-0.05, 0) is 37.2 Å². The third-order valence-electron chi connectivity index (χ3n) is 7.86. The monoisotopic (exact) mass is 441 g/mol. The molecule has 4 rings (SSSR count). The fourth-order valence-electron chi connectivity index (χ4n) is 5.70. The van der Waals surface area contributed by atoms with Crippen LogP contribution in [0.3, 0.4) is 0 Å². The molecule has 0 saturated carbocycles. The summed E-state index contributed by atoms with van der Waals surface area (Å²) in [4.78, 5) is 32.9. The molecule has 0 aliphatic carbocycles. The Morgan fingerprint density at radius 1 is 1.03 bits per heavy atom. The van der Waals surface area contributed by atoms with Gasteiger partial charge in [0.2, 0.25) is 11.8 Å². The molecule has 32 heavy (non-hydrogen) atoms. The zero-order valence-electron chi connectivity index (χ0n) is 19.6. The van der Waals surface area contributed by atoms with Gasteiger partial charge in [-0.2, -0.15) is 0 Å². The lowest BCUT2D eigenvalue weighted by Crippen LogP contribution is -2.49. The lowest BCUT2D eigenvalue weighted by molar-refractivity contribution is -0.146. The molecule has 3 saturated heterocycles. The average Bonchev–Trinajstić information content (AvgIpc) is 2.98. The molecule has 0 spiro atoms. The Bertz CT molecular complexity index is 757. The number of hydrogen-bond acceptors (Lipinski definition) is 4. The van der Waals surface area contributed by atoms with Crippen LogP contribution in [0.2, 0.25) is 0 Å². The zero-order chi connectivity index (χ0) is 22.4. The number of carbonyl (C=O) groups is 2. The van der Waals surface area contributed by atoms with Crippen molar-refractivity contribution in [2.24, 2.45) is 11.3 Å². The van der Waals surface area contributed by atoms with Gasteiger partial charge in [0.25, 0.3) is 0 Å². The molecule has 0 radical (unpaired) electrons. The Hall–Kier alpha value is -1.92. The molecule has 3 aliphatic rings. The van der Waals surface area contributed by atoms with Crippen LogP contribution in [0.5, 0.6) is 0 Å². The summed E-state index contributed by atoms with van der Waals surface area (Å²) < 4.78 is 5.39. The van der Waals surface area contributed by atoms with Gasteiger partial charge in [-0.25, -0.2) is 0 Å². The highest BCUT2D eigenvalue weighted by Crippen LogP contribution is 2.43. The van der Waals surface area contributed by atoms with Crippen molar-refractivity contribution in [3.05, 3.63) is 35.9 Å². The van der Waals surface area contributed by atoms with Crippen LogP contribution in [0.15, 0.2) is 30.3 Å². The van der Waals surface area contributed by atoms with Gasteiger partial charge in [-0.1, -0.05) is 43.7 Å².